The van der Waals surface area contributed by atoms with E-state index in [4.69, 9.17) is 5.73 Å². The van der Waals surface area contributed by atoms with Crippen LogP contribution in [-0.2, 0) is 6.42 Å². The fraction of sp³-hybridized carbons (Fsp3) is 0.600. The SMILES string of the molecule is CCc1nc(C)cc(NC2CC2N)n1. The molecule has 0 radical (unpaired) electrons. The zero-order valence-electron chi connectivity index (χ0n) is 8.62. The highest BCUT2D eigenvalue weighted by molar-refractivity contribution is 5.39. The molecule has 1 fully saturated rings. The first-order chi connectivity index (χ1) is 6.69. The van der Waals surface area contributed by atoms with Gasteiger partial charge in [0.05, 0.1) is 0 Å². The summed E-state index contributed by atoms with van der Waals surface area (Å²) in [5.74, 6) is 1.80. The van der Waals surface area contributed by atoms with Gasteiger partial charge in [0, 0.05) is 30.3 Å². The monoisotopic (exact) mass is 192 g/mol. The minimum Gasteiger partial charge on any atom is -0.366 e. The fourth-order valence-corrected chi connectivity index (χ4v) is 1.43. The van der Waals surface area contributed by atoms with Gasteiger partial charge in [0.2, 0.25) is 0 Å². The lowest BCUT2D eigenvalue weighted by Gasteiger charge is -2.06. The number of nitrogens with zero attached hydrogens (tertiary/aromatic N) is 2. The molecule has 4 heteroatoms. The molecule has 0 saturated heterocycles. The molecule has 0 aromatic carbocycles. The Hall–Kier alpha value is -1.16. The van der Waals surface area contributed by atoms with Crippen molar-refractivity contribution in [3.8, 4) is 0 Å². The van der Waals surface area contributed by atoms with E-state index in [0.717, 1.165) is 30.2 Å². The van der Waals surface area contributed by atoms with Crippen molar-refractivity contribution in [1.82, 2.24) is 9.97 Å². The van der Waals surface area contributed by atoms with Crippen LogP contribution < -0.4 is 11.1 Å². The zero-order chi connectivity index (χ0) is 10.1. The van der Waals surface area contributed by atoms with Crippen LogP contribution >= 0.6 is 0 Å². The normalized spacial score (nSPS) is 24.8. The summed E-state index contributed by atoms with van der Waals surface area (Å²) in [6.45, 7) is 4.04. The van der Waals surface area contributed by atoms with Crippen LogP contribution in [0.1, 0.15) is 24.9 Å². The zero-order valence-corrected chi connectivity index (χ0v) is 8.62. The van der Waals surface area contributed by atoms with E-state index in [2.05, 4.69) is 22.2 Å². The second-order valence-electron chi connectivity index (χ2n) is 3.81. The quantitative estimate of drug-likeness (QED) is 0.745. The number of aromatic nitrogens is 2. The maximum atomic E-state index is 5.72. The third-order valence-electron chi connectivity index (χ3n) is 2.39. The van der Waals surface area contributed by atoms with Crippen molar-refractivity contribution in [3.05, 3.63) is 17.6 Å². The van der Waals surface area contributed by atoms with Crippen molar-refractivity contribution < 1.29 is 0 Å². The van der Waals surface area contributed by atoms with Crippen molar-refractivity contribution >= 4 is 5.82 Å². The lowest BCUT2D eigenvalue weighted by Crippen LogP contribution is -2.14. The van der Waals surface area contributed by atoms with E-state index in [1.807, 2.05) is 13.0 Å². The largest absolute Gasteiger partial charge is 0.366 e. The summed E-state index contributed by atoms with van der Waals surface area (Å²) in [5.41, 5.74) is 6.72. The van der Waals surface area contributed by atoms with Gasteiger partial charge in [0.15, 0.2) is 0 Å². The summed E-state index contributed by atoms with van der Waals surface area (Å²) < 4.78 is 0. The Kier molecular flexibility index (Phi) is 2.37. The summed E-state index contributed by atoms with van der Waals surface area (Å²) in [6.07, 6.45) is 1.91. The number of nitrogens with one attached hydrogen (secondary N) is 1. The van der Waals surface area contributed by atoms with E-state index in [1.165, 1.54) is 0 Å². The van der Waals surface area contributed by atoms with E-state index >= 15 is 0 Å². The molecule has 2 unspecified atom stereocenters. The molecular formula is C10H16N4. The summed E-state index contributed by atoms with van der Waals surface area (Å²) in [6, 6.07) is 2.67. The Morgan fingerprint density at radius 1 is 1.57 bits per heavy atom. The summed E-state index contributed by atoms with van der Waals surface area (Å²) in [7, 11) is 0. The summed E-state index contributed by atoms with van der Waals surface area (Å²) in [4.78, 5) is 8.71. The molecule has 4 nitrogen and oxygen atoms in total. The van der Waals surface area contributed by atoms with E-state index < -0.39 is 0 Å². The van der Waals surface area contributed by atoms with Crippen molar-refractivity contribution in [3.63, 3.8) is 0 Å². The highest BCUT2D eigenvalue weighted by Gasteiger charge is 2.33. The molecule has 0 amide bonds. The maximum absolute atomic E-state index is 5.72. The Labute approximate surface area is 83.9 Å². The molecular weight excluding hydrogens is 176 g/mol. The van der Waals surface area contributed by atoms with Crippen LogP contribution in [0.25, 0.3) is 0 Å². The molecule has 76 valence electrons. The molecule has 0 bridgehead atoms. The van der Waals surface area contributed by atoms with Crippen LogP contribution in [0.3, 0.4) is 0 Å². The Bertz CT molecular complexity index is 337. The number of aryl methyl sites for hydroxylation is 2. The van der Waals surface area contributed by atoms with Gasteiger partial charge in [-0.25, -0.2) is 9.97 Å². The van der Waals surface area contributed by atoms with Gasteiger partial charge < -0.3 is 11.1 Å². The van der Waals surface area contributed by atoms with Crippen molar-refractivity contribution in [2.75, 3.05) is 5.32 Å². The number of nitrogens with two attached hydrogens (primary N) is 1. The number of anilines is 1. The van der Waals surface area contributed by atoms with E-state index in [9.17, 15) is 0 Å². The summed E-state index contributed by atoms with van der Waals surface area (Å²) >= 11 is 0. The van der Waals surface area contributed by atoms with Gasteiger partial charge in [0.1, 0.15) is 11.6 Å². The van der Waals surface area contributed by atoms with Crippen LogP contribution in [0.2, 0.25) is 0 Å². The first-order valence-electron chi connectivity index (χ1n) is 5.05. The van der Waals surface area contributed by atoms with Crippen molar-refractivity contribution in [2.24, 2.45) is 5.73 Å². The van der Waals surface area contributed by atoms with Gasteiger partial charge >= 0.3 is 0 Å². The Morgan fingerprint density at radius 2 is 2.29 bits per heavy atom. The third kappa shape index (κ3) is 2.01. The van der Waals surface area contributed by atoms with Gasteiger partial charge in [-0.05, 0) is 13.3 Å². The van der Waals surface area contributed by atoms with Gasteiger partial charge in [0.25, 0.3) is 0 Å². The molecule has 2 rings (SSSR count). The number of rotatable bonds is 3. The van der Waals surface area contributed by atoms with Gasteiger partial charge in [-0.3, -0.25) is 0 Å². The van der Waals surface area contributed by atoms with E-state index in [1.54, 1.807) is 0 Å². The Morgan fingerprint density at radius 3 is 2.86 bits per heavy atom. The predicted octanol–water partition coefficient (Wildman–Crippen LogP) is 0.859. The molecule has 3 N–H and O–H groups in total. The molecule has 1 saturated carbocycles. The molecule has 14 heavy (non-hydrogen) atoms. The van der Waals surface area contributed by atoms with E-state index in [-0.39, 0.29) is 0 Å². The lowest BCUT2D eigenvalue weighted by atomic mass is 10.3. The van der Waals surface area contributed by atoms with Crippen molar-refractivity contribution in [1.29, 1.82) is 0 Å². The van der Waals surface area contributed by atoms with E-state index in [0.29, 0.717) is 12.1 Å². The minimum atomic E-state index is 0.301. The second-order valence-corrected chi connectivity index (χ2v) is 3.81. The lowest BCUT2D eigenvalue weighted by molar-refractivity contribution is 0.906. The minimum absolute atomic E-state index is 0.301. The van der Waals surface area contributed by atoms with Crippen LogP contribution in [0.15, 0.2) is 6.07 Å². The molecule has 1 aromatic rings. The van der Waals surface area contributed by atoms with Gasteiger partial charge in [-0.1, -0.05) is 6.92 Å². The molecule has 1 aromatic heterocycles. The van der Waals surface area contributed by atoms with Crippen LogP contribution in [0.5, 0.6) is 0 Å². The average Bonchev–Trinajstić information content (AvgIpc) is 2.80. The van der Waals surface area contributed by atoms with Gasteiger partial charge in [-0.15, -0.1) is 0 Å². The summed E-state index contributed by atoms with van der Waals surface area (Å²) in [5, 5.41) is 3.31. The van der Waals surface area contributed by atoms with Crippen molar-refractivity contribution in [2.45, 2.75) is 38.8 Å². The van der Waals surface area contributed by atoms with Crippen LogP contribution in [0.4, 0.5) is 5.82 Å². The Balaban J connectivity index is 2.12. The molecule has 2 atom stereocenters. The molecule has 1 aliphatic carbocycles. The standard InChI is InChI=1S/C10H16N4/c1-3-9-12-6(2)4-10(14-9)13-8-5-7(8)11/h4,7-8H,3,5,11H2,1-2H3,(H,12,13,14). The highest BCUT2D eigenvalue weighted by atomic mass is 15.1. The third-order valence-corrected chi connectivity index (χ3v) is 2.39. The first-order valence-corrected chi connectivity index (χ1v) is 5.05. The fourth-order valence-electron chi connectivity index (χ4n) is 1.43. The number of hydrogen-bond donors (Lipinski definition) is 2. The predicted molar refractivity (Wildman–Crippen MR) is 56.2 cm³/mol. The molecule has 0 spiro atoms. The topological polar surface area (TPSA) is 63.8 Å². The first kappa shape index (κ1) is 9.40. The van der Waals surface area contributed by atoms with Crippen LogP contribution in [-0.4, -0.2) is 22.1 Å². The molecule has 1 heterocycles. The average molecular weight is 192 g/mol. The van der Waals surface area contributed by atoms with Crippen LogP contribution in [0, 0.1) is 6.92 Å². The smallest absolute Gasteiger partial charge is 0.130 e. The van der Waals surface area contributed by atoms with Gasteiger partial charge in [-0.2, -0.15) is 0 Å². The number of hydrogen-bond acceptors (Lipinski definition) is 4. The maximum Gasteiger partial charge on any atom is 0.130 e. The highest BCUT2D eigenvalue weighted by Crippen LogP contribution is 2.22. The molecule has 1 aliphatic rings. The molecule has 0 aliphatic heterocycles. The second kappa shape index (κ2) is 3.53.